The molecule has 0 aromatic heterocycles. The predicted molar refractivity (Wildman–Crippen MR) is 198 cm³/mol. The molecule has 2 unspecified atom stereocenters. The Bertz CT molecular complexity index is 853. The van der Waals surface area contributed by atoms with Crippen LogP contribution in [0, 0.1) is 11.8 Å². The number of hydrogen-bond acceptors (Lipinski definition) is 2. The lowest BCUT2D eigenvalue weighted by atomic mass is 9.87. The van der Waals surface area contributed by atoms with E-state index in [-0.39, 0.29) is 0 Å². The monoisotopic (exact) mass is 607 g/mol. The fraction of sp³-hybridized carbons (Fsp3) is 0.762. The number of nitrogens with zero attached hydrogens (tertiary/aromatic N) is 2. The minimum atomic E-state index is 0.820. The van der Waals surface area contributed by atoms with Gasteiger partial charge < -0.3 is 4.90 Å². The highest BCUT2D eigenvalue weighted by Gasteiger charge is 2.19. The second-order valence-electron chi connectivity index (χ2n) is 14.8. The summed E-state index contributed by atoms with van der Waals surface area (Å²) in [5.41, 5.74) is 6.42. The molecule has 2 atom stereocenters. The SMILES string of the molecule is C=C(CCCCCCC/C=C\C/C=C\CCCCC)CCC(CCCC1=C(C)CC(C)C1)CCC(=C)CN1CCN(C)CC1. The molecule has 252 valence electrons. The van der Waals surface area contributed by atoms with Crippen LogP contribution >= 0.6 is 0 Å². The molecule has 2 aliphatic rings. The molecule has 0 N–H and O–H groups in total. The molecular formula is C42H74N2. The van der Waals surface area contributed by atoms with Crippen LogP contribution < -0.4 is 0 Å². The normalized spacial score (nSPS) is 19.1. The van der Waals surface area contributed by atoms with Crippen molar-refractivity contribution in [3.05, 3.63) is 59.8 Å². The molecule has 0 aromatic rings. The molecule has 44 heavy (non-hydrogen) atoms. The fourth-order valence-corrected chi connectivity index (χ4v) is 7.22. The Morgan fingerprint density at radius 3 is 2.05 bits per heavy atom. The third-order valence-electron chi connectivity index (χ3n) is 10.3. The van der Waals surface area contributed by atoms with Crippen molar-refractivity contribution in [2.75, 3.05) is 39.8 Å². The van der Waals surface area contributed by atoms with E-state index < -0.39 is 0 Å². The van der Waals surface area contributed by atoms with Crippen LogP contribution in [0.15, 0.2) is 59.8 Å². The second-order valence-corrected chi connectivity index (χ2v) is 14.8. The molecule has 2 nitrogen and oxygen atoms in total. The fourth-order valence-electron chi connectivity index (χ4n) is 7.22. The molecule has 0 radical (unpaired) electrons. The van der Waals surface area contributed by atoms with E-state index in [1.807, 2.05) is 0 Å². The summed E-state index contributed by atoms with van der Waals surface area (Å²) in [6.45, 7) is 22.0. The summed E-state index contributed by atoms with van der Waals surface area (Å²) in [6.07, 6.45) is 36.9. The highest BCUT2D eigenvalue weighted by Crippen LogP contribution is 2.35. The zero-order valence-electron chi connectivity index (χ0n) is 30.2. The molecule has 1 aliphatic carbocycles. The van der Waals surface area contributed by atoms with Gasteiger partial charge in [0, 0.05) is 32.7 Å². The molecular weight excluding hydrogens is 532 g/mol. The van der Waals surface area contributed by atoms with Crippen LogP contribution in [0.25, 0.3) is 0 Å². The van der Waals surface area contributed by atoms with Crippen molar-refractivity contribution in [2.45, 2.75) is 156 Å². The summed E-state index contributed by atoms with van der Waals surface area (Å²) >= 11 is 0. The minimum absolute atomic E-state index is 0.820. The van der Waals surface area contributed by atoms with Gasteiger partial charge >= 0.3 is 0 Å². The Hall–Kier alpha value is -1.38. The number of allylic oxidation sites excluding steroid dienone is 7. The zero-order valence-corrected chi connectivity index (χ0v) is 30.2. The molecule has 2 rings (SSSR count). The highest BCUT2D eigenvalue weighted by atomic mass is 15.2. The van der Waals surface area contributed by atoms with Crippen LogP contribution in [-0.4, -0.2) is 49.6 Å². The topological polar surface area (TPSA) is 6.48 Å². The Morgan fingerprint density at radius 2 is 1.39 bits per heavy atom. The highest BCUT2D eigenvalue weighted by molar-refractivity contribution is 5.18. The van der Waals surface area contributed by atoms with E-state index in [4.69, 9.17) is 0 Å². The van der Waals surface area contributed by atoms with E-state index in [0.717, 1.165) is 24.8 Å². The van der Waals surface area contributed by atoms with Gasteiger partial charge in [-0.2, -0.15) is 0 Å². The van der Waals surface area contributed by atoms with Gasteiger partial charge in [0.1, 0.15) is 0 Å². The number of rotatable bonds is 26. The van der Waals surface area contributed by atoms with Crippen molar-refractivity contribution >= 4 is 0 Å². The van der Waals surface area contributed by atoms with Crippen LogP contribution in [0.2, 0.25) is 0 Å². The van der Waals surface area contributed by atoms with Crippen LogP contribution in [0.3, 0.4) is 0 Å². The Kier molecular flexibility index (Phi) is 21.9. The number of hydrogen-bond donors (Lipinski definition) is 0. The van der Waals surface area contributed by atoms with Crippen LogP contribution in [0.1, 0.15) is 156 Å². The second kappa shape index (κ2) is 24.8. The molecule has 0 spiro atoms. The largest absolute Gasteiger partial charge is 0.304 e. The van der Waals surface area contributed by atoms with Crippen LogP contribution in [0.4, 0.5) is 0 Å². The predicted octanol–water partition coefficient (Wildman–Crippen LogP) is 12.3. The lowest BCUT2D eigenvalue weighted by Gasteiger charge is -2.33. The first-order chi connectivity index (χ1) is 21.4. The summed E-state index contributed by atoms with van der Waals surface area (Å²) in [5, 5.41) is 0. The van der Waals surface area contributed by atoms with Gasteiger partial charge in [-0.3, -0.25) is 4.90 Å². The van der Waals surface area contributed by atoms with Crippen molar-refractivity contribution < 1.29 is 0 Å². The van der Waals surface area contributed by atoms with Crippen molar-refractivity contribution in [1.82, 2.24) is 9.80 Å². The van der Waals surface area contributed by atoms with E-state index in [1.165, 1.54) is 166 Å². The van der Waals surface area contributed by atoms with Gasteiger partial charge in [-0.1, -0.05) is 112 Å². The Labute approximate surface area is 276 Å². The first-order valence-corrected chi connectivity index (χ1v) is 19.1. The lowest BCUT2D eigenvalue weighted by Crippen LogP contribution is -2.44. The van der Waals surface area contributed by atoms with Crippen molar-refractivity contribution in [2.24, 2.45) is 11.8 Å². The molecule has 1 heterocycles. The van der Waals surface area contributed by atoms with Crippen LogP contribution in [-0.2, 0) is 0 Å². The average Bonchev–Trinajstić information content (AvgIpc) is 3.33. The maximum atomic E-state index is 4.52. The molecule has 1 saturated heterocycles. The number of likely N-dealkylation sites (N-methyl/N-ethyl adjacent to an activating group) is 1. The van der Waals surface area contributed by atoms with Gasteiger partial charge in [0.05, 0.1) is 0 Å². The molecule has 0 amide bonds. The third-order valence-corrected chi connectivity index (χ3v) is 10.3. The van der Waals surface area contributed by atoms with Gasteiger partial charge in [-0.15, -0.1) is 0 Å². The number of piperazine rings is 1. The van der Waals surface area contributed by atoms with E-state index in [0.29, 0.717) is 0 Å². The summed E-state index contributed by atoms with van der Waals surface area (Å²) in [6, 6.07) is 0. The van der Waals surface area contributed by atoms with Gasteiger partial charge in [0.2, 0.25) is 0 Å². The zero-order chi connectivity index (χ0) is 31.8. The minimum Gasteiger partial charge on any atom is -0.304 e. The van der Waals surface area contributed by atoms with E-state index in [1.54, 1.807) is 11.1 Å². The molecule has 2 heteroatoms. The average molecular weight is 607 g/mol. The number of unbranched alkanes of at least 4 members (excludes halogenated alkanes) is 8. The van der Waals surface area contributed by atoms with Gasteiger partial charge in [0.25, 0.3) is 0 Å². The van der Waals surface area contributed by atoms with Gasteiger partial charge in [0.15, 0.2) is 0 Å². The Balaban J connectivity index is 1.59. The molecule has 0 bridgehead atoms. The molecule has 0 aromatic carbocycles. The quantitative estimate of drug-likeness (QED) is 0.0714. The summed E-state index contributed by atoms with van der Waals surface area (Å²) in [5.74, 6) is 1.69. The van der Waals surface area contributed by atoms with E-state index >= 15 is 0 Å². The van der Waals surface area contributed by atoms with E-state index in [2.05, 4.69) is 75.1 Å². The Morgan fingerprint density at radius 1 is 0.750 bits per heavy atom. The summed E-state index contributed by atoms with van der Waals surface area (Å²) < 4.78 is 0. The lowest BCUT2D eigenvalue weighted by molar-refractivity contribution is 0.163. The van der Waals surface area contributed by atoms with Crippen molar-refractivity contribution in [3.63, 3.8) is 0 Å². The maximum absolute atomic E-state index is 4.52. The summed E-state index contributed by atoms with van der Waals surface area (Å²) in [4.78, 5) is 5.06. The van der Waals surface area contributed by atoms with Crippen molar-refractivity contribution in [1.29, 1.82) is 0 Å². The maximum Gasteiger partial charge on any atom is 0.0191 e. The standard InChI is InChI=1S/C42H74N2/c1-7-8-9-10-11-12-13-14-15-16-17-18-19-20-21-23-37(2)26-28-41(24-22-25-42-35-39(4)34-40(42)5)29-27-38(3)36-44-32-30-43(6)31-33-44/h11-12,14-15,39,41H,2-3,7-10,13,16-36H2,1,4-6H3/b12-11-,15-14-. The van der Waals surface area contributed by atoms with Gasteiger partial charge in [-0.05, 0) is 122 Å². The summed E-state index contributed by atoms with van der Waals surface area (Å²) in [7, 11) is 2.24. The van der Waals surface area contributed by atoms with Crippen molar-refractivity contribution in [3.8, 4) is 0 Å². The van der Waals surface area contributed by atoms with E-state index in [9.17, 15) is 0 Å². The molecule has 1 fully saturated rings. The molecule has 1 aliphatic heterocycles. The van der Waals surface area contributed by atoms with Gasteiger partial charge in [-0.25, -0.2) is 0 Å². The third kappa shape index (κ3) is 19.2. The smallest absolute Gasteiger partial charge is 0.0191 e. The van der Waals surface area contributed by atoms with Crippen LogP contribution in [0.5, 0.6) is 0 Å². The first-order valence-electron chi connectivity index (χ1n) is 19.1. The molecule has 0 saturated carbocycles. The first kappa shape index (κ1) is 38.8.